The molecule has 2 rings (SSSR count). The number of ether oxygens (including phenoxy) is 2. The van der Waals surface area contributed by atoms with E-state index >= 15 is 0 Å². The maximum atomic E-state index is 5.86. The van der Waals surface area contributed by atoms with Crippen LogP contribution in [0.25, 0.3) is 0 Å². The first-order valence-corrected chi connectivity index (χ1v) is 7.39. The zero-order chi connectivity index (χ0) is 15.2. The largest absolute Gasteiger partial charge is 0.490 e. The Morgan fingerprint density at radius 1 is 1.10 bits per heavy atom. The lowest BCUT2D eigenvalue weighted by atomic mass is 10.0. The number of benzene rings is 1. The average molecular weight is 310 g/mol. The van der Waals surface area contributed by atoms with E-state index in [0.717, 1.165) is 22.8 Å². The molecule has 0 aliphatic carbocycles. The summed E-state index contributed by atoms with van der Waals surface area (Å²) in [6.45, 7) is 5.08. The highest BCUT2D eigenvalue weighted by atomic mass is 35.5. The van der Waals surface area contributed by atoms with Crippen molar-refractivity contribution in [2.24, 2.45) is 0 Å². The highest BCUT2D eigenvalue weighted by molar-refractivity contribution is 6.28. The predicted octanol–water partition coefficient (Wildman–Crippen LogP) is 4.04. The molecule has 21 heavy (non-hydrogen) atoms. The van der Waals surface area contributed by atoms with Gasteiger partial charge in [0.15, 0.2) is 16.7 Å². The molecule has 4 nitrogen and oxygen atoms in total. The van der Waals surface area contributed by atoms with Gasteiger partial charge < -0.3 is 19.2 Å². The molecule has 1 aromatic heterocycles. The molecular formula is C16H20ClNO3. The fourth-order valence-electron chi connectivity index (χ4n) is 2.20. The number of rotatable bonds is 7. The fraction of sp³-hybridized carbons (Fsp3) is 0.375. The molecule has 5 heteroatoms. The summed E-state index contributed by atoms with van der Waals surface area (Å²) in [7, 11) is 1.87. The lowest BCUT2D eigenvalue weighted by Gasteiger charge is -2.17. The molecule has 0 amide bonds. The van der Waals surface area contributed by atoms with Crippen molar-refractivity contribution < 1.29 is 13.9 Å². The van der Waals surface area contributed by atoms with Gasteiger partial charge in [-0.25, -0.2) is 0 Å². The molecule has 1 N–H and O–H groups in total. The fourth-order valence-corrected chi connectivity index (χ4v) is 2.36. The van der Waals surface area contributed by atoms with Crippen molar-refractivity contribution in [3.8, 4) is 11.5 Å². The van der Waals surface area contributed by atoms with E-state index in [1.54, 1.807) is 6.07 Å². The molecule has 1 aromatic carbocycles. The van der Waals surface area contributed by atoms with E-state index in [0.29, 0.717) is 18.4 Å². The van der Waals surface area contributed by atoms with E-state index in [2.05, 4.69) is 5.32 Å². The molecule has 1 atom stereocenters. The van der Waals surface area contributed by atoms with E-state index in [1.807, 2.05) is 45.2 Å². The van der Waals surface area contributed by atoms with Crippen molar-refractivity contribution in [2.75, 3.05) is 20.3 Å². The molecule has 0 radical (unpaired) electrons. The summed E-state index contributed by atoms with van der Waals surface area (Å²) in [6.07, 6.45) is 0. The molecule has 0 aliphatic heterocycles. The predicted molar refractivity (Wildman–Crippen MR) is 83.4 cm³/mol. The highest BCUT2D eigenvalue weighted by Gasteiger charge is 2.18. The Morgan fingerprint density at radius 2 is 1.81 bits per heavy atom. The van der Waals surface area contributed by atoms with Gasteiger partial charge in [-0.05, 0) is 62.3 Å². The smallest absolute Gasteiger partial charge is 0.193 e. The van der Waals surface area contributed by atoms with Gasteiger partial charge >= 0.3 is 0 Å². The molecule has 0 saturated heterocycles. The summed E-state index contributed by atoms with van der Waals surface area (Å²) in [5.41, 5.74) is 1.02. The standard InChI is InChI=1S/C16H20ClNO3/c1-4-19-12-7-6-11(10-14(12)20-5-2)16(18-3)13-8-9-15(17)21-13/h6-10,16,18H,4-5H2,1-3H3. The van der Waals surface area contributed by atoms with Crippen LogP contribution in [-0.2, 0) is 0 Å². The summed E-state index contributed by atoms with van der Waals surface area (Å²) >= 11 is 5.86. The molecule has 1 unspecified atom stereocenters. The Hall–Kier alpha value is -1.65. The van der Waals surface area contributed by atoms with Crippen LogP contribution in [0.3, 0.4) is 0 Å². The van der Waals surface area contributed by atoms with Gasteiger partial charge in [-0.1, -0.05) is 6.07 Å². The van der Waals surface area contributed by atoms with Crippen molar-refractivity contribution >= 4 is 11.6 Å². The van der Waals surface area contributed by atoms with Gasteiger partial charge in [-0.3, -0.25) is 0 Å². The summed E-state index contributed by atoms with van der Waals surface area (Å²) in [6, 6.07) is 9.38. The zero-order valence-corrected chi connectivity index (χ0v) is 13.2. The molecule has 114 valence electrons. The Kier molecular flexibility index (Phi) is 5.53. The maximum absolute atomic E-state index is 5.86. The zero-order valence-electron chi connectivity index (χ0n) is 12.5. The van der Waals surface area contributed by atoms with Crippen LogP contribution in [0.2, 0.25) is 5.22 Å². The second-order valence-electron chi connectivity index (χ2n) is 4.44. The highest BCUT2D eigenvalue weighted by Crippen LogP contribution is 2.33. The number of hydrogen-bond donors (Lipinski definition) is 1. The molecule has 0 bridgehead atoms. The second-order valence-corrected chi connectivity index (χ2v) is 4.81. The first kappa shape index (κ1) is 15.7. The summed E-state index contributed by atoms with van der Waals surface area (Å²) in [4.78, 5) is 0. The lowest BCUT2D eigenvalue weighted by Crippen LogP contribution is -2.17. The third kappa shape index (κ3) is 3.71. The van der Waals surface area contributed by atoms with Crippen LogP contribution in [0, 0.1) is 0 Å². The number of hydrogen-bond acceptors (Lipinski definition) is 4. The number of halogens is 1. The Morgan fingerprint density at radius 3 is 2.38 bits per heavy atom. The molecule has 0 saturated carbocycles. The Bertz CT molecular complexity index is 583. The van der Waals surface area contributed by atoms with Crippen LogP contribution >= 0.6 is 11.6 Å². The maximum Gasteiger partial charge on any atom is 0.193 e. The van der Waals surface area contributed by atoms with Crippen LogP contribution in [0.4, 0.5) is 0 Å². The third-order valence-electron chi connectivity index (χ3n) is 3.07. The van der Waals surface area contributed by atoms with Crippen LogP contribution in [-0.4, -0.2) is 20.3 Å². The van der Waals surface area contributed by atoms with Crippen LogP contribution < -0.4 is 14.8 Å². The molecule has 2 aromatic rings. The van der Waals surface area contributed by atoms with E-state index in [9.17, 15) is 0 Å². The summed E-state index contributed by atoms with van der Waals surface area (Å²) in [5.74, 6) is 2.24. The molecule has 0 aliphatic rings. The van der Waals surface area contributed by atoms with Crippen molar-refractivity contribution in [1.29, 1.82) is 0 Å². The van der Waals surface area contributed by atoms with Crippen molar-refractivity contribution in [2.45, 2.75) is 19.9 Å². The van der Waals surface area contributed by atoms with Gasteiger partial charge in [-0.2, -0.15) is 0 Å². The van der Waals surface area contributed by atoms with E-state index in [-0.39, 0.29) is 6.04 Å². The van der Waals surface area contributed by atoms with Crippen molar-refractivity contribution in [3.05, 3.63) is 46.9 Å². The SMILES string of the molecule is CCOc1ccc(C(NC)c2ccc(Cl)o2)cc1OCC. The van der Waals surface area contributed by atoms with Gasteiger partial charge in [0, 0.05) is 0 Å². The molecule has 0 spiro atoms. The van der Waals surface area contributed by atoms with Gasteiger partial charge in [0.2, 0.25) is 0 Å². The summed E-state index contributed by atoms with van der Waals surface area (Å²) in [5, 5.41) is 3.60. The summed E-state index contributed by atoms with van der Waals surface area (Å²) < 4.78 is 16.7. The second kappa shape index (κ2) is 7.38. The Balaban J connectivity index is 2.35. The van der Waals surface area contributed by atoms with Crippen LogP contribution in [0.1, 0.15) is 31.2 Å². The van der Waals surface area contributed by atoms with Crippen LogP contribution in [0.15, 0.2) is 34.7 Å². The van der Waals surface area contributed by atoms with Gasteiger partial charge in [0.05, 0.1) is 19.3 Å². The first-order valence-electron chi connectivity index (χ1n) is 7.01. The van der Waals surface area contributed by atoms with E-state index in [1.165, 1.54) is 0 Å². The molecule has 0 fully saturated rings. The monoisotopic (exact) mass is 309 g/mol. The van der Waals surface area contributed by atoms with E-state index in [4.69, 9.17) is 25.5 Å². The van der Waals surface area contributed by atoms with Gasteiger partial charge in [-0.15, -0.1) is 0 Å². The van der Waals surface area contributed by atoms with E-state index < -0.39 is 0 Å². The molecule has 1 heterocycles. The Labute approximate surface area is 130 Å². The molecular weight excluding hydrogens is 290 g/mol. The van der Waals surface area contributed by atoms with Crippen molar-refractivity contribution in [1.82, 2.24) is 5.32 Å². The average Bonchev–Trinajstić information content (AvgIpc) is 2.89. The number of furan rings is 1. The minimum Gasteiger partial charge on any atom is -0.490 e. The van der Waals surface area contributed by atoms with Gasteiger partial charge in [0.25, 0.3) is 0 Å². The first-order chi connectivity index (χ1) is 10.2. The topological polar surface area (TPSA) is 43.6 Å². The van der Waals surface area contributed by atoms with Crippen LogP contribution in [0.5, 0.6) is 11.5 Å². The normalized spacial score (nSPS) is 12.2. The third-order valence-corrected chi connectivity index (χ3v) is 3.27. The minimum absolute atomic E-state index is 0.0904. The van der Waals surface area contributed by atoms with Gasteiger partial charge in [0.1, 0.15) is 5.76 Å². The minimum atomic E-state index is -0.0904. The van der Waals surface area contributed by atoms with Crippen molar-refractivity contribution in [3.63, 3.8) is 0 Å². The number of nitrogens with one attached hydrogen (secondary N) is 1. The quantitative estimate of drug-likeness (QED) is 0.838. The lowest BCUT2D eigenvalue weighted by molar-refractivity contribution is 0.287.